The van der Waals surface area contributed by atoms with E-state index in [9.17, 15) is 13.7 Å². The van der Waals surface area contributed by atoms with Crippen LogP contribution in [0.5, 0.6) is 5.75 Å². The molecule has 0 amide bonds. The molecule has 0 N–H and O–H groups in total. The van der Waals surface area contributed by atoms with E-state index in [0.717, 1.165) is 4.47 Å². The van der Waals surface area contributed by atoms with Crippen LogP contribution in [-0.2, 0) is 10.1 Å². The molecule has 0 unspecified atom stereocenters. The summed E-state index contributed by atoms with van der Waals surface area (Å²) in [7, 11) is -4.05. The summed E-state index contributed by atoms with van der Waals surface area (Å²) >= 11 is 10.1. The predicted octanol–water partition coefficient (Wildman–Crippen LogP) is 6.81. The van der Waals surface area contributed by atoms with Gasteiger partial charge in [-0.25, -0.2) is 0 Å². The third-order valence-electron chi connectivity index (χ3n) is 3.84. The number of halogens is 3. The highest BCUT2D eigenvalue weighted by molar-refractivity contribution is 9.11. The van der Waals surface area contributed by atoms with Gasteiger partial charge in [0, 0.05) is 14.5 Å². The third kappa shape index (κ3) is 5.37. The molecule has 0 saturated carbocycles. The van der Waals surface area contributed by atoms with Crippen LogP contribution in [-0.4, -0.2) is 8.42 Å². The lowest BCUT2D eigenvalue weighted by molar-refractivity contribution is 0.484. The smallest absolute Gasteiger partial charge is 0.339 e. The Morgan fingerprint density at radius 2 is 1.59 bits per heavy atom. The molecule has 0 radical (unpaired) electrons. The van der Waals surface area contributed by atoms with Crippen LogP contribution in [0.2, 0.25) is 0 Å². The molecular weight excluding hydrogens is 586 g/mol. The molecule has 29 heavy (non-hydrogen) atoms. The lowest BCUT2D eigenvalue weighted by atomic mass is 10.0. The maximum atomic E-state index is 12.7. The van der Waals surface area contributed by atoms with Crippen molar-refractivity contribution in [3.8, 4) is 11.8 Å². The largest absolute Gasteiger partial charge is 0.377 e. The molecule has 0 bridgehead atoms. The Balaban J connectivity index is 2.10. The van der Waals surface area contributed by atoms with E-state index in [0.29, 0.717) is 25.6 Å². The second-order valence-electron chi connectivity index (χ2n) is 5.83. The molecule has 0 aliphatic rings. The Kier molecular flexibility index (Phi) is 6.96. The molecule has 0 aliphatic heterocycles. The van der Waals surface area contributed by atoms with Gasteiger partial charge in [0.15, 0.2) is 5.75 Å². The van der Waals surface area contributed by atoms with Crippen molar-refractivity contribution in [1.29, 1.82) is 5.26 Å². The fourth-order valence-corrected chi connectivity index (χ4v) is 5.19. The Bertz CT molecular complexity index is 1220. The van der Waals surface area contributed by atoms with Gasteiger partial charge in [0.25, 0.3) is 0 Å². The minimum absolute atomic E-state index is 0.0400. The highest BCUT2D eigenvalue weighted by Crippen LogP contribution is 2.37. The molecule has 3 aromatic carbocycles. The normalized spacial score (nSPS) is 11.7. The zero-order valence-corrected chi connectivity index (χ0v) is 20.2. The summed E-state index contributed by atoms with van der Waals surface area (Å²) in [6, 6.07) is 20.7. The average Bonchev–Trinajstić information content (AvgIpc) is 2.70. The van der Waals surface area contributed by atoms with Gasteiger partial charge in [-0.15, -0.1) is 0 Å². The van der Waals surface area contributed by atoms with Crippen molar-refractivity contribution in [3.05, 3.63) is 91.3 Å². The van der Waals surface area contributed by atoms with Crippen LogP contribution in [0, 0.1) is 11.3 Å². The van der Waals surface area contributed by atoms with Gasteiger partial charge in [-0.3, -0.25) is 0 Å². The molecule has 3 aromatic rings. The van der Waals surface area contributed by atoms with Gasteiger partial charge in [0.1, 0.15) is 4.90 Å². The van der Waals surface area contributed by atoms with E-state index in [4.69, 9.17) is 4.18 Å². The van der Waals surface area contributed by atoms with E-state index >= 15 is 0 Å². The maximum absolute atomic E-state index is 12.7. The lowest BCUT2D eigenvalue weighted by Crippen LogP contribution is -2.10. The number of allylic oxidation sites excluding steroid dienone is 1. The number of rotatable bonds is 5. The number of hydrogen-bond acceptors (Lipinski definition) is 4. The van der Waals surface area contributed by atoms with Crippen LogP contribution in [0.4, 0.5) is 0 Å². The fourth-order valence-electron chi connectivity index (χ4n) is 2.49. The van der Waals surface area contributed by atoms with Crippen molar-refractivity contribution in [3.63, 3.8) is 0 Å². The third-order valence-corrected chi connectivity index (χ3v) is 6.65. The molecular formula is C21H12Br3NO3S. The number of nitriles is 1. The van der Waals surface area contributed by atoms with Crippen LogP contribution >= 0.6 is 47.8 Å². The molecule has 0 fully saturated rings. The summed E-state index contributed by atoms with van der Waals surface area (Å²) in [6.45, 7) is 0. The maximum Gasteiger partial charge on any atom is 0.339 e. The summed E-state index contributed by atoms with van der Waals surface area (Å²) in [5.74, 6) is 0.0990. The highest BCUT2D eigenvalue weighted by Gasteiger charge is 2.21. The SMILES string of the molecule is N#C/C(=C\c1cc(Br)cc(Br)c1OS(=O)(=O)c1ccccc1)c1ccc(Br)cc1. The van der Waals surface area contributed by atoms with Crippen molar-refractivity contribution >= 4 is 69.6 Å². The van der Waals surface area contributed by atoms with E-state index < -0.39 is 10.1 Å². The first kappa shape index (κ1) is 21.8. The zero-order valence-electron chi connectivity index (χ0n) is 14.6. The van der Waals surface area contributed by atoms with Crippen LogP contribution in [0.15, 0.2) is 85.0 Å². The van der Waals surface area contributed by atoms with Crippen LogP contribution < -0.4 is 4.18 Å². The van der Waals surface area contributed by atoms with Gasteiger partial charge < -0.3 is 4.18 Å². The van der Waals surface area contributed by atoms with Crippen LogP contribution in [0.1, 0.15) is 11.1 Å². The van der Waals surface area contributed by atoms with Crippen LogP contribution in [0.25, 0.3) is 11.6 Å². The summed E-state index contributed by atoms with van der Waals surface area (Å²) in [6.07, 6.45) is 1.59. The number of hydrogen-bond donors (Lipinski definition) is 0. The zero-order chi connectivity index (χ0) is 21.0. The standard InChI is InChI=1S/C21H12Br3NO3S/c22-17-8-6-14(7-9-17)16(13-25)10-15-11-18(23)12-20(24)21(15)28-29(26,27)19-4-2-1-3-5-19/h1-12H/b16-10+. The number of benzene rings is 3. The molecule has 3 rings (SSSR count). The molecule has 8 heteroatoms. The Hall–Kier alpha value is -1.92. The summed E-state index contributed by atoms with van der Waals surface area (Å²) < 4.78 is 32.9. The van der Waals surface area contributed by atoms with Crippen molar-refractivity contribution in [1.82, 2.24) is 0 Å². The highest BCUT2D eigenvalue weighted by atomic mass is 79.9. The van der Waals surface area contributed by atoms with E-state index in [2.05, 4.69) is 53.9 Å². The molecule has 0 saturated heterocycles. The Labute approximate surface area is 194 Å². The Morgan fingerprint density at radius 3 is 2.21 bits per heavy atom. The van der Waals surface area contributed by atoms with Crippen molar-refractivity contribution < 1.29 is 12.6 Å². The second-order valence-corrected chi connectivity index (χ2v) is 10.1. The first-order chi connectivity index (χ1) is 13.8. The summed E-state index contributed by atoms with van der Waals surface area (Å²) in [5, 5.41) is 9.64. The average molecular weight is 598 g/mol. The first-order valence-corrected chi connectivity index (χ1v) is 12.0. The van der Waals surface area contributed by atoms with Gasteiger partial charge in [0.05, 0.1) is 16.1 Å². The van der Waals surface area contributed by atoms with E-state index in [-0.39, 0.29) is 10.6 Å². The summed E-state index contributed by atoms with van der Waals surface area (Å²) in [5.41, 5.74) is 1.50. The molecule has 0 heterocycles. The van der Waals surface area contributed by atoms with Crippen molar-refractivity contribution in [2.45, 2.75) is 4.90 Å². The van der Waals surface area contributed by atoms with Gasteiger partial charge >= 0.3 is 10.1 Å². The quantitative estimate of drug-likeness (QED) is 0.184. The Morgan fingerprint density at radius 1 is 0.931 bits per heavy atom. The van der Waals surface area contributed by atoms with Crippen LogP contribution in [0.3, 0.4) is 0 Å². The molecule has 0 spiro atoms. The van der Waals surface area contributed by atoms with Gasteiger partial charge in [-0.05, 0) is 64.0 Å². The second kappa shape index (κ2) is 9.26. The minimum atomic E-state index is -4.05. The molecule has 0 aromatic heterocycles. The molecule has 146 valence electrons. The van der Waals surface area contributed by atoms with E-state index in [1.165, 1.54) is 12.1 Å². The van der Waals surface area contributed by atoms with Gasteiger partial charge in [-0.1, -0.05) is 62.2 Å². The minimum Gasteiger partial charge on any atom is -0.377 e. The lowest BCUT2D eigenvalue weighted by Gasteiger charge is -2.13. The van der Waals surface area contributed by atoms with Crippen molar-refractivity contribution in [2.75, 3.05) is 0 Å². The summed E-state index contributed by atoms with van der Waals surface area (Å²) in [4.78, 5) is 0.0400. The first-order valence-electron chi connectivity index (χ1n) is 8.16. The fraction of sp³-hybridized carbons (Fsp3) is 0. The number of nitrogens with zero attached hydrogens (tertiary/aromatic N) is 1. The topological polar surface area (TPSA) is 67.2 Å². The van der Waals surface area contributed by atoms with E-state index in [1.54, 1.807) is 48.5 Å². The monoisotopic (exact) mass is 595 g/mol. The van der Waals surface area contributed by atoms with Gasteiger partial charge in [-0.2, -0.15) is 13.7 Å². The predicted molar refractivity (Wildman–Crippen MR) is 124 cm³/mol. The van der Waals surface area contributed by atoms with Gasteiger partial charge in [0.2, 0.25) is 0 Å². The molecule has 0 aliphatic carbocycles. The molecule has 4 nitrogen and oxygen atoms in total. The van der Waals surface area contributed by atoms with Crippen molar-refractivity contribution in [2.24, 2.45) is 0 Å². The van der Waals surface area contributed by atoms with E-state index in [1.807, 2.05) is 12.1 Å². The molecule has 0 atom stereocenters.